The molecule has 1 heterocycles. The lowest BCUT2D eigenvalue weighted by Crippen LogP contribution is -2.43. The normalized spacial score (nSPS) is 20.7. The van der Waals surface area contributed by atoms with Crippen molar-refractivity contribution in [3.8, 4) is 11.5 Å². The first-order valence-electron chi connectivity index (χ1n) is 11.9. The fraction of sp³-hybridized carbons (Fsp3) is 0.500. The minimum absolute atomic E-state index is 0.0124. The van der Waals surface area contributed by atoms with Crippen LogP contribution in [0.3, 0.4) is 0 Å². The van der Waals surface area contributed by atoms with Crippen LogP contribution in [0.15, 0.2) is 36.4 Å². The van der Waals surface area contributed by atoms with Crippen molar-refractivity contribution >= 4 is 5.91 Å². The summed E-state index contributed by atoms with van der Waals surface area (Å²) >= 11 is 0. The Morgan fingerprint density at radius 1 is 1.05 bits per heavy atom. The van der Waals surface area contributed by atoms with Crippen molar-refractivity contribution in [3.05, 3.63) is 58.7 Å². The van der Waals surface area contributed by atoms with Gasteiger partial charge >= 0.3 is 12.4 Å². The third-order valence-corrected chi connectivity index (χ3v) is 7.04. The predicted molar refractivity (Wildman–Crippen MR) is 123 cm³/mol. The number of likely N-dealkylation sites (tertiary alicyclic amines) is 1. The van der Waals surface area contributed by atoms with Gasteiger partial charge in [-0.15, -0.1) is 0 Å². The summed E-state index contributed by atoms with van der Waals surface area (Å²) in [5.41, 5.74) is -2.98. The smallest absolute Gasteiger partial charge is 0.416 e. The molecule has 0 bridgehead atoms. The van der Waals surface area contributed by atoms with Gasteiger partial charge in [0.25, 0.3) is 0 Å². The second-order valence-corrected chi connectivity index (χ2v) is 9.99. The largest absolute Gasteiger partial charge is 0.504 e. The molecule has 0 radical (unpaired) electrons. The van der Waals surface area contributed by atoms with Gasteiger partial charge in [-0.05, 0) is 66.8 Å². The first-order valence-corrected chi connectivity index (χ1v) is 11.9. The zero-order valence-corrected chi connectivity index (χ0v) is 20.2. The molecule has 2 aromatic carbocycles. The molecular weight excluding hydrogens is 502 g/mol. The van der Waals surface area contributed by atoms with Gasteiger partial charge in [0.05, 0.1) is 23.7 Å². The molecule has 0 aromatic heterocycles. The number of halogens is 6. The van der Waals surface area contributed by atoms with Crippen LogP contribution in [-0.2, 0) is 30.2 Å². The standard InChI is InChI=1S/C26H28F6N2O3/c1-37-22-10-17(4-5-21(22)35)14-34-7-6-24(15-34,12-16-2-3-16)23(36)33-13-18-8-19(25(27,28)29)11-20(9-18)26(30,31)32/h4-5,8-11,16,35H,2-3,6-7,12-15H2,1H3,(H,33,36). The number of ether oxygens (including phenoxy) is 1. The van der Waals surface area contributed by atoms with Crippen molar-refractivity contribution in [3.63, 3.8) is 0 Å². The van der Waals surface area contributed by atoms with Crippen LogP contribution in [0.5, 0.6) is 11.5 Å². The van der Waals surface area contributed by atoms with Gasteiger partial charge in [-0.3, -0.25) is 9.69 Å². The Kier molecular flexibility index (Phi) is 7.38. The Morgan fingerprint density at radius 2 is 1.70 bits per heavy atom. The lowest BCUT2D eigenvalue weighted by molar-refractivity contribution is -0.143. The van der Waals surface area contributed by atoms with Crippen molar-refractivity contribution in [2.75, 3.05) is 20.2 Å². The van der Waals surface area contributed by atoms with Crippen molar-refractivity contribution in [2.24, 2.45) is 11.3 Å². The van der Waals surface area contributed by atoms with Crippen LogP contribution in [0.2, 0.25) is 0 Å². The van der Waals surface area contributed by atoms with E-state index in [-0.39, 0.29) is 23.3 Å². The zero-order chi connectivity index (χ0) is 27.0. The molecule has 2 aliphatic rings. The lowest BCUT2D eigenvalue weighted by Gasteiger charge is -2.29. The Hall–Kier alpha value is -2.95. The molecule has 1 aliphatic carbocycles. The maximum absolute atomic E-state index is 13.4. The Bertz CT molecular complexity index is 1110. The average molecular weight is 531 g/mol. The molecule has 2 aromatic rings. The molecule has 2 fully saturated rings. The van der Waals surface area contributed by atoms with Crippen LogP contribution in [0.4, 0.5) is 26.3 Å². The molecule has 1 atom stereocenters. The molecule has 4 rings (SSSR count). The van der Waals surface area contributed by atoms with Gasteiger partial charge in [-0.2, -0.15) is 26.3 Å². The summed E-state index contributed by atoms with van der Waals surface area (Å²) in [6, 6.07) is 6.35. The number of alkyl halides is 6. The van der Waals surface area contributed by atoms with Gasteiger partial charge in [0.1, 0.15) is 0 Å². The van der Waals surface area contributed by atoms with Crippen LogP contribution in [-0.4, -0.2) is 36.1 Å². The molecule has 5 nitrogen and oxygen atoms in total. The van der Waals surface area contributed by atoms with E-state index in [1.165, 1.54) is 13.2 Å². The van der Waals surface area contributed by atoms with Gasteiger partial charge in [-0.1, -0.05) is 18.9 Å². The van der Waals surface area contributed by atoms with E-state index in [4.69, 9.17) is 4.74 Å². The Labute approximate surface area is 210 Å². The van der Waals surface area contributed by atoms with E-state index < -0.39 is 35.4 Å². The number of nitrogens with one attached hydrogen (secondary N) is 1. The Morgan fingerprint density at radius 3 is 2.27 bits per heavy atom. The molecule has 202 valence electrons. The van der Waals surface area contributed by atoms with E-state index in [0.29, 0.717) is 56.3 Å². The number of methoxy groups -OCH3 is 1. The highest BCUT2D eigenvalue weighted by Gasteiger charge is 2.47. The summed E-state index contributed by atoms with van der Waals surface area (Å²) in [5.74, 6) is 0.359. The van der Waals surface area contributed by atoms with Crippen LogP contribution < -0.4 is 10.1 Å². The van der Waals surface area contributed by atoms with E-state index in [1.807, 2.05) is 0 Å². The molecule has 1 saturated heterocycles. The van der Waals surface area contributed by atoms with Gasteiger partial charge in [0, 0.05) is 19.6 Å². The topological polar surface area (TPSA) is 61.8 Å². The predicted octanol–water partition coefficient (Wildman–Crippen LogP) is 5.75. The van der Waals surface area contributed by atoms with Crippen molar-refractivity contribution < 1.29 is 41.0 Å². The fourth-order valence-corrected chi connectivity index (χ4v) is 4.98. The minimum atomic E-state index is -4.95. The van der Waals surface area contributed by atoms with Crippen LogP contribution >= 0.6 is 0 Å². The SMILES string of the molecule is COc1cc(CN2CCC(CC3CC3)(C(=O)NCc3cc(C(F)(F)F)cc(C(F)(F)F)c3)C2)ccc1O. The van der Waals surface area contributed by atoms with Crippen molar-refractivity contribution in [1.29, 1.82) is 0 Å². The first-order chi connectivity index (χ1) is 17.3. The molecule has 1 aliphatic heterocycles. The summed E-state index contributed by atoms with van der Waals surface area (Å²) in [6.45, 7) is 1.08. The monoisotopic (exact) mass is 530 g/mol. The molecule has 11 heteroatoms. The highest BCUT2D eigenvalue weighted by atomic mass is 19.4. The highest BCUT2D eigenvalue weighted by Crippen LogP contribution is 2.46. The number of amides is 1. The van der Waals surface area contributed by atoms with Crippen LogP contribution in [0.1, 0.15) is 47.9 Å². The molecule has 1 unspecified atom stereocenters. The summed E-state index contributed by atoms with van der Waals surface area (Å²) in [5, 5.41) is 12.4. The summed E-state index contributed by atoms with van der Waals surface area (Å²) in [4.78, 5) is 15.5. The quantitative estimate of drug-likeness (QED) is 0.427. The molecule has 1 saturated carbocycles. The highest BCUT2D eigenvalue weighted by molar-refractivity contribution is 5.83. The van der Waals surface area contributed by atoms with Crippen LogP contribution in [0.25, 0.3) is 0 Å². The maximum atomic E-state index is 13.4. The third-order valence-electron chi connectivity index (χ3n) is 7.04. The van der Waals surface area contributed by atoms with Crippen LogP contribution in [0, 0.1) is 11.3 Å². The number of phenolic OH excluding ortho intramolecular Hbond substituents is 1. The Balaban J connectivity index is 1.49. The van der Waals surface area contributed by atoms with Gasteiger partial charge in [-0.25, -0.2) is 0 Å². The zero-order valence-electron chi connectivity index (χ0n) is 20.2. The van der Waals surface area contributed by atoms with E-state index in [1.54, 1.807) is 12.1 Å². The molecule has 1 amide bonds. The second kappa shape index (κ2) is 10.1. The fourth-order valence-electron chi connectivity index (χ4n) is 4.98. The number of carbonyl (C=O) groups is 1. The number of phenols is 1. The summed E-state index contributed by atoms with van der Waals surface area (Å²) < 4.78 is 84.4. The molecular formula is C26H28F6N2O3. The molecule has 37 heavy (non-hydrogen) atoms. The van der Waals surface area contributed by atoms with E-state index in [0.717, 1.165) is 18.4 Å². The number of aromatic hydroxyl groups is 1. The second-order valence-electron chi connectivity index (χ2n) is 9.99. The first kappa shape index (κ1) is 27.1. The van der Waals surface area contributed by atoms with E-state index in [2.05, 4.69) is 10.2 Å². The number of nitrogens with zero attached hydrogens (tertiary/aromatic N) is 1. The summed E-state index contributed by atoms with van der Waals surface area (Å²) in [7, 11) is 1.45. The van der Waals surface area contributed by atoms with Gasteiger partial charge in [0.15, 0.2) is 11.5 Å². The van der Waals surface area contributed by atoms with Gasteiger partial charge < -0.3 is 15.2 Å². The lowest BCUT2D eigenvalue weighted by atomic mass is 9.80. The number of benzene rings is 2. The number of hydrogen-bond acceptors (Lipinski definition) is 4. The molecule has 0 spiro atoms. The van der Waals surface area contributed by atoms with Crippen molar-refractivity contribution in [2.45, 2.75) is 51.1 Å². The van der Waals surface area contributed by atoms with Gasteiger partial charge in [0.2, 0.25) is 5.91 Å². The maximum Gasteiger partial charge on any atom is 0.416 e. The molecule has 2 N–H and O–H groups in total. The number of rotatable bonds is 8. The summed E-state index contributed by atoms with van der Waals surface area (Å²) in [6.07, 6.45) is -6.77. The third kappa shape index (κ3) is 6.49. The van der Waals surface area contributed by atoms with Crippen molar-refractivity contribution in [1.82, 2.24) is 10.2 Å². The number of carbonyl (C=O) groups excluding carboxylic acids is 1. The van der Waals surface area contributed by atoms with E-state index in [9.17, 15) is 36.2 Å². The minimum Gasteiger partial charge on any atom is -0.504 e. The average Bonchev–Trinajstić information content (AvgIpc) is 3.55. The van der Waals surface area contributed by atoms with E-state index >= 15 is 0 Å². The number of hydrogen-bond donors (Lipinski definition) is 2.